The van der Waals surface area contributed by atoms with Crippen molar-refractivity contribution in [1.29, 1.82) is 0 Å². The minimum Gasteiger partial charge on any atom is -0.320 e. The topological polar surface area (TPSA) is 75.4 Å². The summed E-state index contributed by atoms with van der Waals surface area (Å²) < 4.78 is 0. The molecule has 0 heterocycles. The highest BCUT2D eigenvalue weighted by Gasteiger charge is 2.15. The zero-order valence-corrected chi connectivity index (χ0v) is 5.59. The molecule has 4 heteroatoms. The number of hydrogen-bond acceptors (Lipinski definition) is 3. The zero-order chi connectivity index (χ0) is 7.44. The van der Waals surface area contributed by atoms with Gasteiger partial charge in [0.1, 0.15) is 0 Å². The standard InChI is InChI=1S/C5H12N2O2/c1-3(2)4(6)5(8)7-9/h3-4,9H,6H2,1-2H3,(H,7,8)/t4-/m0/s1. The molecule has 1 atom stereocenters. The van der Waals surface area contributed by atoms with Crippen LogP contribution in [0.5, 0.6) is 0 Å². The Bertz CT molecular complexity index is 103. The van der Waals surface area contributed by atoms with Crippen LogP contribution in [0.2, 0.25) is 0 Å². The van der Waals surface area contributed by atoms with E-state index in [1.54, 1.807) is 13.8 Å². The normalized spacial score (nSPS) is 13.4. The minimum absolute atomic E-state index is 0.0529. The smallest absolute Gasteiger partial charge is 0.260 e. The van der Waals surface area contributed by atoms with E-state index in [1.165, 1.54) is 5.48 Å². The molecule has 0 aliphatic heterocycles. The number of amides is 1. The summed E-state index contributed by atoms with van der Waals surface area (Å²) in [5.74, 6) is -0.484. The van der Waals surface area contributed by atoms with Crippen molar-refractivity contribution in [3.8, 4) is 0 Å². The maximum atomic E-state index is 10.5. The van der Waals surface area contributed by atoms with Crippen LogP contribution in [0.15, 0.2) is 0 Å². The predicted molar refractivity (Wildman–Crippen MR) is 32.7 cm³/mol. The summed E-state index contributed by atoms with van der Waals surface area (Å²) in [6.45, 7) is 3.61. The number of hydrogen-bond donors (Lipinski definition) is 3. The number of carbonyl (C=O) groups excluding carboxylic acids is 1. The molecule has 0 fully saturated rings. The van der Waals surface area contributed by atoms with Gasteiger partial charge in [-0.05, 0) is 5.92 Å². The van der Waals surface area contributed by atoms with Crippen LogP contribution in [0.25, 0.3) is 0 Å². The molecule has 0 spiro atoms. The maximum Gasteiger partial charge on any atom is 0.260 e. The second kappa shape index (κ2) is 3.42. The lowest BCUT2D eigenvalue weighted by atomic mass is 10.1. The van der Waals surface area contributed by atoms with Gasteiger partial charge >= 0.3 is 0 Å². The molecule has 4 N–H and O–H groups in total. The lowest BCUT2D eigenvalue weighted by molar-refractivity contribution is -0.131. The monoisotopic (exact) mass is 132 g/mol. The van der Waals surface area contributed by atoms with Crippen LogP contribution in [0.3, 0.4) is 0 Å². The van der Waals surface area contributed by atoms with E-state index in [4.69, 9.17) is 10.9 Å². The molecule has 4 nitrogen and oxygen atoms in total. The molecule has 9 heavy (non-hydrogen) atoms. The minimum atomic E-state index is -0.616. The molecule has 0 aliphatic carbocycles. The van der Waals surface area contributed by atoms with Gasteiger partial charge in [-0.2, -0.15) is 0 Å². The van der Waals surface area contributed by atoms with Gasteiger partial charge in [-0.15, -0.1) is 0 Å². The predicted octanol–water partition coefficient (Wildman–Crippen LogP) is -0.525. The van der Waals surface area contributed by atoms with Gasteiger partial charge in [-0.25, -0.2) is 5.48 Å². The molecule has 0 aromatic rings. The molecule has 0 rings (SSSR count). The Hall–Kier alpha value is -0.610. The second-order valence-corrected chi connectivity index (χ2v) is 2.25. The van der Waals surface area contributed by atoms with Crippen LogP contribution in [0.4, 0.5) is 0 Å². The third kappa shape index (κ3) is 2.43. The van der Waals surface area contributed by atoms with Gasteiger partial charge in [0.25, 0.3) is 5.91 Å². The molecular formula is C5H12N2O2. The number of rotatable bonds is 2. The van der Waals surface area contributed by atoms with Crippen LogP contribution in [0, 0.1) is 5.92 Å². The van der Waals surface area contributed by atoms with Crippen molar-refractivity contribution in [1.82, 2.24) is 5.48 Å². The Morgan fingerprint density at radius 1 is 1.67 bits per heavy atom. The highest BCUT2D eigenvalue weighted by molar-refractivity contribution is 5.80. The van der Waals surface area contributed by atoms with Crippen molar-refractivity contribution in [3.63, 3.8) is 0 Å². The Morgan fingerprint density at radius 2 is 2.11 bits per heavy atom. The van der Waals surface area contributed by atoms with Gasteiger partial charge < -0.3 is 5.73 Å². The summed E-state index contributed by atoms with van der Waals surface area (Å²) >= 11 is 0. The SMILES string of the molecule is CC(C)[C@H](N)C(=O)NO. The first kappa shape index (κ1) is 8.39. The third-order valence-corrected chi connectivity index (χ3v) is 1.13. The van der Waals surface area contributed by atoms with Crippen molar-refractivity contribution in [2.75, 3.05) is 0 Å². The van der Waals surface area contributed by atoms with Gasteiger partial charge in [-0.1, -0.05) is 13.8 Å². The molecule has 54 valence electrons. The van der Waals surface area contributed by atoms with E-state index in [1.807, 2.05) is 0 Å². The molecule has 0 saturated heterocycles. The fraction of sp³-hybridized carbons (Fsp3) is 0.800. The number of nitrogens with two attached hydrogens (primary N) is 1. The molecule has 0 aromatic heterocycles. The van der Waals surface area contributed by atoms with Gasteiger partial charge in [-0.3, -0.25) is 10.0 Å². The lowest BCUT2D eigenvalue weighted by Crippen LogP contribution is -2.42. The van der Waals surface area contributed by atoms with E-state index in [9.17, 15) is 4.79 Å². The van der Waals surface area contributed by atoms with Crippen molar-refractivity contribution >= 4 is 5.91 Å². The van der Waals surface area contributed by atoms with E-state index in [-0.39, 0.29) is 5.92 Å². The summed E-state index contributed by atoms with van der Waals surface area (Å²) in [5, 5.41) is 8.07. The molecular weight excluding hydrogens is 120 g/mol. The zero-order valence-electron chi connectivity index (χ0n) is 5.59. The van der Waals surface area contributed by atoms with E-state index >= 15 is 0 Å². The highest BCUT2D eigenvalue weighted by atomic mass is 16.5. The summed E-state index contributed by atoms with van der Waals surface area (Å²) in [4.78, 5) is 10.5. The molecule has 0 saturated carbocycles. The summed E-state index contributed by atoms with van der Waals surface area (Å²) in [6, 6.07) is -0.616. The first-order chi connectivity index (χ1) is 4.09. The first-order valence-corrected chi connectivity index (χ1v) is 2.79. The van der Waals surface area contributed by atoms with Crippen LogP contribution in [0.1, 0.15) is 13.8 Å². The summed E-state index contributed by atoms with van der Waals surface area (Å²) in [7, 11) is 0. The van der Waals surface area contributed by atoms with E-state index in [0.29, 0.717) is 0 Å². The van der Waals surface area contributed by atoms with Crippen LogP contribution in [-0.2, 0) is 4.79 Å². The Morgan fingerprint density at radius 3 is 2.22 bits per heavy atom. The second-order valence-electron chi connectivity index (χ2n) is 2.25. The van der Waals surface area contributed by atoms with E-state index < -0.39 is 11.9 Å². The Kier molecular flexibility index (Phi) is 3.19. The van der Waals surface area contributed by atoms with Gasteiger partial charge in [0.05, 0.1) is 6.04 Å². The summed E-state index contributed by atoms with van der Waals surface area (Å²) in [5.41, 5.74) is 6.78. The Labute approximate surface area is 54.0 Å². The third-order valence-electron chi connectivity index (χ3n) is 1.13. The van der Waals surface area contributed by atoms with Crippen LogP contribution >= 0.6 is 0 Å². The molecule has 1 amide bonds. The Balaban J connectivity index is 3.72. The van der Waals surface area contributed by atoms with Gasteiger partial charge in [0.2, 0.25) is 0 Å². The van der Waals surface area contributed by atoms with Crippen LogP contribution in [-0.4, -0.2) is 17.2 Å². The molecule has 0 aromatic carbocycles. The fourth-order valence-corrected chi connectivity index (χ4v) is 0.377. The quantitative estimate of drug-likeness (QED) is 0.349. The van der Waals surface area contributed by atoms with Crippen molar-refractivity contribution < 1.29 is 10.0 Å². The number of nitrogens with one attached hydrogen (secondary N) is 1. The molecule has 0 aliphatic rings. The van der Waals surface area contributed by atoms with Crippen molar-refractivity contribution in [2.45, 2.75) is 19.9 Å². The van der Waals surface area contributed by atoms with Crippen LogP contribution < -0.4 is 11.2 Å². The lowest BCUT2D eigenvalue weighted by Gasteiger charge is -2.11. The van der Waals surface area contributed by atoms with Crippen molar-refractivity contribution in [2.24, 2.45) is 11.7 Å². The maximum absolute atomic E-state index is 10.5. The molecule has 0 radical (unpaired) electrons. The van der Waals surface area contributed by atoms with E-state index in [2.05, 4.69) is 0 Å². The van der Waals surface area contributed by atoms with E-state index in [0.717, 1.165) is 0 Å². The largest absolute Gasteiger partial charge is 0.320 e. The van der Waals surface area contributed by atoms with Gasteiger partial charge in [0.15, 0.2) is 0 Å². The average Bonchev–Trinajstić information content (AvgIpc) is 1.84. The molecule has 0 unspecified atom stereocenters. The highest BCUT2D eigenvalue weighted by Crippen LogP contribution is 1.96. The fourth-order valence-electron chi connectivity index (χ4n) is 0.377. The molecule has 0 bridgehead atoms. The van der Waals surface area contributed by atoms with Gasteiger partial charge in [0, 0.05) is 0 Å². The number of carbonyl (C=O) groups is 1. The summed E-state index contributed by atoms with van der Waals surface area (Å²) in [6.07, 6.45) is 0. The first-order valence-electron chi connectivity index (χ1n) is 2.79. The van der Waals surface area contributed by atoms with Crippen molar-refractivity contribution in [3.05, 3.63) is 0 Å². The number of hydroxylamine groups is 1. The average molecular weight is 132 g/mol.